The molecular weight excluding hydrogens is 364 g/mol. The van der Waals surface area contributed by atoms with Crippen LogP contribution in [0.2, 0.25) is 0 Å². The molecule has 0 radical (unpaired) electrons. The molecule has 5 nitrogen and oxygen atoms in total. The van der Waals surface area contributed by atoms with E-state index < -0.39 is 17.6 Å². The van der Waals surface area contributed by atoms with Gasteiger partial charge in [-0.1, -0.05) is 91.0 Å². The van der Waals surface area contributed by atoms with Gasteiger partial charge < -0.3 is 5.11 Å². The quantitative estimate of drug-likeness (QED) is 0.421. The van der Waals surface area contributed by atoms with Crippen LogP contribution in [0, 0.1) is 10.1 Å². The fraction of sp³-hybridized carbons (Fsp3) is 0.250. The van der Waals surface area contributed by atoms with E-state index in [1.807, 2.05) is 91.0 Å². The number of nitro groups is 1. The van der Waals surface area contributed by atoms with Gasteiger partial charge in [0, 0.05) is 24.1 Å². The lowest BCUT2D eigenvalue weighted by atomic mass is 9.98. The molecule has 3 aromatic carbocycles. The summed E-state index contributed by atoms with van der Waals surface area (Å²) in [5.74, 6) is 0. The lowest BCUT2D eigenvalue weighted by Gasteiger charge is -2.34. The molecule has 0 aliphatic rings. The molecule has 0 saturated heterocycles. The Morgan fingerprint density at radius 1 is 0.759 bits per heavy atom. The van der Waals surface area contributed by atoms with Gasteiger partial charge in [-0.2, -0.15) is 0 Å². The normalized spacial score (nSPS) is 13.2. The van der Waals surface area contributed by atoms with Gasteiger partial charge in [-0.15, -0.1) is 0 Å². The predicted octanol–water partition coefficient (Wildman–Crippen LogP) is 3.94. The van der Waals surface area contributed by atoms with Crippen LogP contribution in [0.5, 0.6) is 0 Å². The van der Waals surface area contributed by atoms with Crippen molar-refractivity contribution in [3.8, 4) is 0 Å². The molecule has 0 heterocycles. The molecule has 0 amide bonds. The highest BCUT2D eigenvalue weighted by molar-refractivity contribution is 5.20. The van der Waals surface area contributed by atoms with E-state index in [0.29, 0.717) is 19.5 Å². The van der Waals surface area contributed by atoms with Crippen LogP contribution in [0.15, 0.2) is 91.0 Å². The van der Waals surface area contributed by atoms with Crippen LogP contribution in [-0.4, -0.2) is 33.6 Å². The molecule has 3 rings (SSSR count). The van der Waals surface area contributed by atoms with Gasteiger partial charge in [0.15, 0.2) is 0 Å². The van der Waals surface area contributed by atoms with Crippen molar-refractivity contribution in [2.45, 2.75) is 31.7 Å². The van der Waals surface area contributed by atoms with Gasteiger partial charge in [0.25, 0.3) is 0 Å². The summed E-state index contributed by atoms with van der Waals surface area (Å²) in [6, 6.07) is 29.5. The molecule has 0 unspecified atom stereocenters. The van der Waals surface area contributed by atoms with Crippen molar-refractivity contribution >= 4 is 0 Å². The van der Waals surface area contributed by atoms with Crippen LogP contribution in [0.25, 0.3) is 0 Å². The summed E-state index contributed by atoms with van der Waals surface area (Å²) in [6.07, 6.45) is -0.534. The second-order valence-electron chi connectivity index (χ2n) is 7.22. The highest BCUT2D eigenvalue weighted by Crippen LogP contribution is 2.20. The number of aliphatic hydroxyl groups is 1. The number of nitrogens with zero attached hydrogens (tertiary/aromatic N) is 2. The van der Waals surface area contributed by atoms with Gasteiger partial charge in [-0.05, 0) is 23.1 Å². The third-order valence-corrected chi connectivity index (χ3v) is 4.99. The third-order valence-electron chi connectivity index (χ3n) is 4.99. The number of rotatable bonds is 10. The molecule has 0 bridgehead atoms. The molecule has 0 aromatic heterocycles. The van der Waals surface area contributed by atoms with Crippen molar-refractivity contribution in [1.29, 1.82) is 0 Å². The van der Waals surface area contributed by atoms with Crippen molar-refractivity contribution in [2.75, 3.05) is 6.54 Å². The summed E-state index contributed by atoms with van der Waals surface area (Å²) < 4.78 is 0. The summed E-state index contributed by atoms with van der Waals surface area (Å²) >= 11 is 0. The van der Waals surface area contributed by atoms with Gasteiger partial charge in [0.2, 0.25) is 6.54 Å². The average Bonchev–Trinajstić information content (AvgIpc) is 2.73. The maximum Gasteiger partial charge on any atom is 0.230 e. The van der Waals surface area contributed by atoms with Gasteiger partial charge >= 0.3 is 0 Å². The largest absolute Gasteiger partial charge is 0.385 e. The van der Waals surface area contributed by atoms with E-state index in [2.05, 4.69) is 4.90 Å². The van der Waals surface area contributed by atoms with E-state index in [-0.39, 0.29) is 6.04 Å². The zero-order valence-electron chi connectivity index (χ0n) is 16.3. The molecule has 1 N–H and O–H groups in total. The number of benzene rings is 3. The fourth-order valence-electron chi connectivity index (χ4n) is 3.56. The molecule has 0 saturated carbocycles. The highest BCUT2D eigenvalue weighted by Gasteiger charge is 2.30. The van der Waals surface area contributed by atoms with E-state index in [9.17, 15) is 15.2 Å². The Labute approximate surface area is 171 Å². The summed E-state index contributed by atoms with van der Waals surface area (Å²) in [4.78, 5) is 12.8. The number of hydrogen-bond donors (Lipinski definition) is 1. The Bertz CT molecular complexity index is 831. The lowest BCUT2D eigenvalue weighted by molar-refractivity contribution is -0.492. The first-order valence-electron chi connectivity index (χ1n) is 9.77. The van der Waals surface area contributed by atoms with Gasteiger partial charge in [0.1, 0.15) is 6.10 Å². The van der Waals surface area contributed by atoms with Crippen LogP contribution in [0.4, 0.5) is 0 Å². The second-order valence-corrected chi connectivity index (χ2v) is 7.22. The van der Waals surface area contributed by atoms with Crippen LogP contribution in [0.1, 0.15) is 16.7 Å². The maximum atomic E-state index is 11.1. The molecule has 0 fully saturated rings. The SMILES string of the molecule is O=[N+]([O-])C[C@@H](O)[C@H](Cc1ccccc1)N(Cc1ccccc1)Cc1ccccc1. The Balaban J connectivity index is 1.91. The Morgan fingerprint density at radius 3 is 1.59 bits per heavy atom. The van der Waals surface area contributed by atoms with Gasteiger partial charge in [-0.3, -0.25) is 15.0 Å². The van der Waals surface area contributed by atoms with Crippen molar-refractivity contribution in [3.05, 3.63) is 118 Å². The monoisotopic (exact) mass is 390 g/mol. The van der Waals surface area contributed by atoms with E-state index in [1.165, 1.54) is 0 Å². The summed E-state index contributed by atoms with van der Waals surface area (Å²) in [6.45, 7) is 0.724. The molecule has 3 aromatic rings. The number of hydrogen-bond acceptors (Lipinski definition) is 4. The Hall–Kier alpha value is -3.02. The molecule has 0 aliphatic heterocycles. The van der Waals surface area contributed by atoms with E-state index in [0.717, 1.165) is 16.7 Å². The Kier molecular flexibility index (Phi) is 7.50. The van der Waals surface area contributed by atoms with Crippen molar-refractivity contribution < 1.29 is 10.0 Å². The molecule has 2 atom stereocenters. The van der Waals surface area contributed by atoms with E-state index in [4.69, 9.17) is 0 Å². The first kappa shape index (κ1) is 20.7. The van der Waals surface area contributed by atoms with Gasteiger partial charge in [-0.25, -0.2) is 0 Å². The highest BCUT2D eigenvalue weighted by atomic mass is 16.6. The van der Waals surface area contributed by atoms with E-state index in [1.54, 1.807) is 0 Å². The topological polar surface area (TPSA) is 66.6 Å². The molecular formula is C24H26N2O3. The van der Waals surface area contributed by atoms with Crippen LogP contribution in [-0.2, 0) is 19.5 Å². The predicted molar refractivity (Wildman–Crippen MR) is 114 cm³/mol. The minimum Gasteiger partial charge on any atom is -0.385 e. The van der Waals surface area contributed by atoms with Crippen molar-refractivity contribution in [1.82, 2.24) is 4.90 Å². The molecule has 150 valence electrons. The zero-order valence-corrected chi connectivity index (χ0v) is 16.3. The molecule has 29 heavy (non-hydrogen) atoms. The first-order valence-corrected chi connectivity index (χ1v) is 9.77. The van der Waals surface area contributed by atoms with Crippen molar-refractivity contribution in [2.24, 2.45) is 0 Å². The average molecular weight is 390 g/mol. The standard InChI is InChI=1S/C24H26N2O3/c27-24(19-26(28)29)23(16-20-10-4-1-5-11-20)25(17-21-12-6-2-7-13-21)18-22-14-8-3-9-15-22/h1-15,23-24,27H,16-19H2/t23-,24+/m0/s1. The second kappa shape index (κ2) is 10.5. The lowest BCUT2D eigenvalue weighted by Crippen LogP contribution is -2.47. The summed E-state index contributed by atoms with van der Waals surface area (Å²) in [5, 5.41) is 21.9. The van der Waals surface area contributed by atoms with E-state index >= 15 is 0 Å². The van der Waals surface area contributed by atoms with Crippen LogP contribution < -0.4 is 0 Å². The molecule has 0 aliphatic carbocycles. The summed E-state index contributed by atoms with van der Waals surface area (Å²) in [7, 11) is 0. The van der Waals surface area contributed by atoms with Crippen molar-refractivity contribution in [3.63, 3.8) is 0 Å². The summed E-state index contributed by atoms with van der Waals surface area (Å²) in [5.41, 5.74) is 3.26. The molecule has 0 spiro atoms. The number of aliphatic hydroxyl groups excluding tert-OH is 1. The minimum atomic E-state index is -1.07. The maximum absolute atomic E-state index is 11.1. The van der Waals surface area contributed by atoms with Crippen LogP contribution in [0.3, 0.4) is 0 Å². The Morgan fingerprint density at radius 2 is 1.17 bits per heavy atom. The van der Waals surface area contributed by atoms with Crippen LogP contribution >= 0.6 is 0 Å². The van der Waals surface area contributed by atoms with Gasteiger partial charge in [0.05, 0.1) is 0 Å². The third kappa shape index (κ3) is 6.52. The molecule has 5 heteroatoms. The fourth-order valence-corrected chi connectivity index (χ4v) is 3.56. The first-order chi connectivity index (χ1) is 14.1. The smallest absolute Gasteiger partial charge is 0.230 e. The zero-order chi connectivity index (χ0) is 20.5. The minimum absolute atomic E-state index is 0.386.